The van der Waals surface area contributed by atoms with Crippen LogP contribution in [0.5, 0.6) is 0 Å². The van der Waals surface area contributed by atoms with Crippen LogP contribution >= 0.6 is 23.1 Å². The highest BCUT2D eigenvalue weighted by molar-refractivity contribution is 8.04. The van der Waals surface area contributed by atoms with Gasteiger partial charge in [0.2, 0.25) is 0 Å². The molecule has 0 spiro atoms. The number of thiophene rings is 1. The fraction of sp³-hybridized carbons (Fsp3) is 0.0492. The number of anilines is 5. The third kappa shape index (κ3) is 7.03. The van der Waals surface area contributed by atoms with Crippen LogP contribution in [-0.2, 0) is 0 Å². The van der Waals surface area contributed by atoms with Crippen molar-refractivity contribution >= 4 is 101 Å². The Labute approximate surface area is 396 Å². The topological polar surface area (TPSA) is 6.48 Å². The van der Waals surface area contributed by atoms with E-state index in [1.165, 1.54) is 62.8 Å². The lowest BCUT2D eigenvalue weighted by atomic mass is 9.90. The van der Waals surface area contributed by atoms with Crippen molar-refractivity contribution in [2.24, 2.45) is 5.92 Å². The largest absolute Gasteiger partial charge is 0.311 e. The standard InChI is InChI=1S/C61H46N2S2Si/c1-6-21-44(22-7-1)62(47-37-39-54-53-32-16-18-35-58(53)65-59(54)42-47)46-25-20-30-51(41-46)66(49-26-10-3-11-27-49,50-28-12-4-13-29-50)61-36-19-17-33-56(61)63(45-23-8-2-9-24-45)48-38-40-55-52-31-14-5-15-34-57(52)64-60(55)43-48/h1-33,35-43,55,60H,34H2. The van der Waals surface area contributed by atoms with Crippen molar-refractivity contribution in [2.45, 2.75) is 11.7 Å². The maximum absolute atomic E-state index is 3.15. The second-order valence-corrected chi connectivity index (χ2v) is 23.2. The minimum absolute atomic E-state index is 0.321. The molecule has 0 bridgehead atoms. The predicted octanol–water partition coefficient (Wildman–Crippen LogP) is 14.0. The second kappa shape index (κ2) is 17.3. The first-order chi connectivity index (χ1) is 32.7. The highest BCUT2D eigenvalue weighted by Gasteiger charge is 2.45. The van der Waals surface area contributed by atoms with Crippen molar-refractivity contribution < 1.29 is 0 Å². The minimum atomic E-state index is -3.15. The van der Waals surface area contributed by atoms with Crippen molar-refractivity contribution in [3.63, 3.8) is 0 Å². The summed E-state index contributed by atoms with van der Waals surface area (Å²) in [5, 5.41) is 8.24. The summed E-state index contributed by atoms with van der Waals surface area (Å²) in [4.78, 5) is 6.46. The Kier molecular flexibility index (Phi) is 10.6. The summed E-state index contributed by atoms with van der Waals surface area (Å²) >= 11 is 3.90. The van der Waals surface area contributed by atoms with E-state index in [0.717, 1.165) is 29.2 Å². The van der Waals surface area contributed by atoms with Gasteiger partial charge in [-0.25, -0.2) is 0 Å². The molecular weight excluding hydrogens is 853 g/mol. The van der Waals surface area contributed by atoms with Gasteiger partial charge in [0, 0.05) is 65.5 Å². The Morgan fingerprint density at radius 2 is 1.08 bits per heavy atom. The summed E-state index contributed by atoms with van der Waals surface area (Å²) in [6.45, 7) is 0. The first-order valence-electron chi connectivity index (χ1n) is 22.8. The second-order valence-electron chi connectivity index (χ2n) is 17.1. The van der Waals surface area contributed by atoms with Crippen molar-refractivity contribution in [1.82, 2.24) is 0 Å². The summed E-state index contributed by atoms with van der Waals surface area (Å²) in [6, 6.07) is 79.0. The quantitative estimate of drug-likeness (QED) is 0.0997. The maximum Gasteiger partial charge on any atom is 0.181 e. The van der Waals surface area contributed by atoms with Crippen LogP contribution in [0.2, 0.25) is 0 Å². The Hall–Kier alpha value is -7.15. The number of fused-ring (bicyclic) bond motifs is 5. The number of hydrogen-bond donors (Lipinski definition) is 0. The molecule has 5 heteroatoms. The van der Waals surface area contributed by atoms with Gasteiger partial charge in [0.25, 0.3) is 0 Å². The van der Waals surface area contributed by atoms with Crippen LogP contribution in [0, 0.1) is 5.92 Å². The molecular formula is C61H46N2S2Si. The smallest absolute Gasteiger partial charge is 0.181 e. The molecule has 8 aromatic carbocycles. The molecule has 316 valence electrons. The molecule has 66 heavy (non-hydrogen) atoms. The lowest BCUT2D eigenvalue weighted by Crippen LogP contribution is -2.75. The van der Waals surface area contributed by atoms with Gasteiger partial charge in [-0.2, -0.15) is 0 Å². The van der Waals surface area contributed by atoms with E-state index in [1.54, 1.807) is 0 Å². The van der Waals surface area contributed by atoms with Crippen molar-refractivity contribution in [1.29, 1.82) is 0 Å². The van der Waals surface area contributed by atoms with E-state index < -0.39 is 8.07 Å². The average Bonchev–Trinajstić information content (AvgIpc) is 3.83. The fourth-order valence-corrected chi connectivity index (χ4v) is 18.0. The number of nitrogens with zero attached hydrogens (tertiary/aromatic N) is 2. The van der Waals surface area contributed by atoms with Gasteiger partial charge >= 0.3 is 0 Å². The van der Waals surface area contributed by atoms with Gasteiger partial charge in [-0.05, 0) is 110 Å². The molecule has 3 aliphatic rings. The summed E-state index contributed by atoms with van der Waals surface area (Å²) < 4.78 is 2.59. The van der Waals surface area contributed by atoms with Crippen molar-refractivity contribution in [2.75, 3.05) is 9.80 Å². The van der Waals surface area contributed by atoms with E-state index in [-0.39, 0.29) is 0 Å². The molecule has 12 rings (SSSR count). The third-order valence-corrected chi connectivity index (χ3v) is 20.7. The number of para-hydroxylation sites is 3. The summed E-state index contributed by atoms with van der Waals surface area (Å²) in [5.41, 5.74) is 8.37. The minimum Gasteiger partial charge on any atom is -0.311 e. The molecule has 2 aliphatic carbocycles. The van der Waals surface area contributed by atoms with Crippen LogP contribution < -0.4 is 30.5 Å². The number of rotatable bonds is 10. The number of benzene rings is 8. The van der Waals surface area contributed by atoms with Crippen LogP contribution in [0.3, 0.4) is 0 Å². The molecule has 2 nitrogen and oxygen atoms in total. The van der Waals surface area contributed by atoms with Gasteiger partial charge in [0.05, 0.1) is 0 Å². The summed E-state index contributed by atoms with van der Waals surface area (Å²) in [5.74, 6) is 0.356. The van der Waals surface area contributed by atoms with Gasteiger partial charge in [-0.3, -0.25) is 0 Å². The van der Waals surface area contributed by atoms with Crippen molar-refractivity contribution in [3.05, 3.63) is 271 Å². The number of hydrogen-bond acceptors (Lipinski definition) is 4. The van der Waals surface area contributed by atoms with E-state index in [2.05, 4.69) is 265 Å². The first kappa shape index (κ1) is 40.4. The van der Waals surface area contributed by atoms with Crippen LogP contribution in [0.4, 0.5) is 28.4 Å². The third-order valence-electron chi connectivity index (χ3n) is 13.4. The molecule has 0 N–H and O–H groups in total. The Bertz CT molecular complexity index is 3350. The Morgan fingerprint density at radius 1 is 0.470 bits per heavy atom. The van der Waals surface area contributed by atoms with E-state index in [4.69, 9.17) is 0 Å². The molecule has 1 aliphatic heterocycles. The van der Waals surface area contributed by atoms with Crippen molar-refractivity contribution in [3.8, 4) is 0 Å². The van der Waals surface area contributed by atoms with E-state index >= 15 is 0 Å². The SMILES string of the molecule is C1=CCC2=C(C=C1)C1C=CC(N(c3ccccc3)c3ccccc3[Si](c3ccccc3)(c3ccccc3)c3cccc(N(c4ccccc4)c4ccc5c(c4)sc4ccccc45)c3)=CC1S2. The lowest BCUT2D eigenvalue weighted by molar-refractivity contribution is 0.806. The van der Waals surface area contributed by atoms with E-state index in [1.807, 2.05) is 23.1 Å². The van der Waals surface area contributed by atoms with Gasteiger partial charge in [0.1, 0.15) is 0 Å². The highest BCUT2D eigenvalue weighted by Crippen LogP contribution is 2.49. The number of thioether (sulfide) groups is 1. The first-order valence-corrected chi connectivity index (χ1v) is 26.5. The van der Waals surface area contributed by atoms with Crippen LogP contribution in [-0.4, -0.2) is 13.3 Å². The van der Waals surface area contributed by atoms with Crippen LogP contribution in [0.25, 0.3) is 20.2 Å². The molecule has 2 unspecified atom stereocenters. The van der Waals surface area contributed by atoms with E-state index in [9.17, 15) is 0 Å². The fourth-order valence-electron chi connectivity index (χ4n) is 10.5. The van der Waals surface area contributed by atoms with Gasteiger partial charge < -0.3 is 9.80 Å². The molecule has 9 aromatic rings. The molecule has 0 saturated heterocycles. The molecule has 1 aromatic heterocycles. The Balaban J connectivity index is 1.08. The summed E-state index contributed by atoms with van der Waals surface area (Å²) in [7, 11) is -3.15. The molecule has 2 heterocycles. The number of allylic oxidation sites excluding steroid dienone is 8. The molecule has 0 fully saturated rings. The van der Waals surface area contributed by atoms with Gasteiger partial charge in [0.15, 0.2) is 8.07 Å². The zero-order valence-corrected chi connectivity index (χ0v) is 39.0. The summed E-state index contributed by atoms with van der Waals surface area (Å²) in [6.07, 6.45) is 17.4. The normalized spacial score (nSPS) is 16.5. The zero-order valence-electron chi connectivity index (χ0n) is 36.3. The molecule has 0 saturated carbocycles. The highest BCUT2D eigenvalue weighted by atomic mass is 32.2. The Morgan fingerprint density at radius 3 is 1.83 bits per heavy atom. The van der Waals surface area contributed by atoms with E-state index in [0.29, 0.717) is 11.2 Å². The lowest BCUT2D eigenvalue weighted by Gasteiger charge is -2.39. The van der Waals surface area contributed by atoms with Gasteiger partial charge in [-0.15, -0.1) is 23.1 Å². The molecule has 0 amide bonds. The maximum atomic E-state index is 2.54. The average molecular weight is 899 g/mol. The molecule has 2 atom stereocenters. The monoisotopic (exact) mass is 898 g/mol. The zero-order chi connectivity index (χ0) is 43.9. The van der Waals surface area contributed by atoms with Crippen LogP contribution in [0.15, 0.2) is 271 Å². The van der Waals surface area contributed by atoms with Crippen LogP contribution in [0.1, 0.15) is 6.42 Å². The van der Waals surface area contributed by atoms with Gasteiger partial charge in [-0.1, -0.05) is 182 Å². The predicted molar refractivity (Wildman–Crippen MR) is 288 cm³/mol. The molecule has 0 radical (unpaired) electrons.